The van der Waals surface area contributed by atoms with E-state index >= 15 is 0 Å². The first kappa shape index (κ1) is 22.4. The molecule has 2 rings (SSSR count). The monoisotopic (exact) mass is 431 g/mol. The first-order chi connectivity index (χ1) is 13.6. The predicted octanol–water partition coefficient (Wildman–Crippen LogP) is 4.56. The van der Waals surface area contributed by atoms with Crippen LogP contribution in [0.1, 0.15) is 22.8 Å². The molecule has 0 radical (unpaired) electrons. The van der Waals surface area contributed by atoms with Crippen molar-refractivity contribution in [1.82, 2.24) is 0 Å². The Morgan fingerprint density at radius 2 is 1.76 bits per heavy atom. The molecule has 10 heteroatoms. The van der Waals surface area contributed by atoms with Crippen LogP contribution < -0.4 is 14.8 Å². The van der Waals surface area contributed by atoms with Crippen LogP contribution >= 0.6 is 11.6 Å². The molecule has 29 heavy (non-hydrogen) atoms. The molecule has 0 fully saturated rings. The zero-order chi connectivity index (χ0) is 21.8. The number of hydrogen-bond acceptors (Lipinski definition) is 5. The Morgan fingerprint density at radius 3 is 2.34 bits per heavy atom. The summed E-state index contributed by atoms with van der Waals surface area (Å²) < 4.78 is 54.6. The van der Waals surface area contributed by atoms with Crippen molar-refractivity contribution in [2.75, 3.05) is 19.5 Å². The first-order valence-electron chi connectivity index (χ1n) is 8.17. The van der Waals surface area contributed by atoms with Gasteiger partial charge in [0.1, 0.15) is 17.1 Å². The van der Waals surface area contributed by atoms with E-state index < -0.39 is 35.4 Å². The maximum absolute atomic E-state index is 13.1. The van der Waals surface area contributed by atoms with Crippen molar-refractivity contribution in [2.45, 2.75) is 19.2 Å². The van der Waals surface area contributed by atoms with Crippen molar-refractivity contribution >= 4 is 29.2 Å². The second-order valence-electron chi connectivity index (χ2n) is 5.79. The Kier molecular flexibility index (Phi) is 6.97. The maximum Gasteiger partial charge on any atom is 0.418 e. The number of carbonyl (C=O) groups excluding carboxylic acids is 2. The van der Waals surface area contributed by atoms with Gasteiger partial charge in [0, 0.05) is 11.1 Å². The number of amides is 1. The van der Waals surface area contributed by atoms with Crippen LogP contribution in [-0.4, -0.2) is 32.2 Å². The number of alkyl halides is 3. The summed E-state index contributed by atoms with van der Waals surface area (Å²) in [6.45, 7) is 1.23. The third-order valence-electron chi connectivity index (χ3n) is 3.83. The Hall–Kier alpha value is -2.94. The average Bonchev–Trinajstić information content (AvgIpc) is 2.67. The average molecular weight is 432 g/mol. The molecule has 156 valence electrons. The number of nitrogens with one attached hydrogen (secondary N) is 1. The maximum atomic E-state index is 13.1. The van der Waals surface area contributed by atoms with Gasteiger partial charge in [-0.05, 0) is 37.3 Å². The summed E-state index contributed by atoms with van der Waals surface area (Å²) in [7, 11) is 2.77. The zero-order valence-electron chi connectivity index (χ0n) is 15.6. The lowest BCUT2D eigenvalue weighted by Gasteiger charge is -2.17. The number of methoxy groups -OCH3 is 2. The standard InChI is InChI=1S/C19H17ClF3NO5/c1-10(29-18(26)13-6-5-12(27-2)9-16(13)28-3)17(25)24-15-7-4-11(20)8-14(15)19(21,22)23/h4-10H,1-3H3,(H,24,25). The molecule has 0 saturated carbocycles. The van der Waals surface area contributed by atoms with Crippen LogP contribution in [0, 0.1) is 0 Å². The van der Waals surface area contributed by atoms with Gasteiger partial charge < -0.3 is 19.5 Å². The Bertz CT molecular complexity index is 917. The summed E-state index contributed by atoms with van der Waals surface area (Å²) in [6.07, 6.45) is -6.12. The van der Waals surface area contributed by atoms with Crippen molar-refractivity contribution in [3.05, 3.63) is 52.5 Å². The molecule has 1 amide bonds. The quantitative estimate of drug-likeness (QED) is 0.679. The summed E-state index contributed by atoms with van der Waals surface area (Å²) in [6, 6.07) is 7.23. The van der Waals surface area contributed by atoms with E-state index in [0.717, 1.165) is 6.07 Å². The summed E-state index contributed by atoms with van der Waals surface area (Å²) in [5.74, 6) is -1.25. The van der Waals surface area contributed by atoms with Gasteiger partial charge in [-0.25, -0.2) is 4.79 Å². The molecule has 0 heterocycles. The van der Waals surface area contributed by atoms with E-state index in [2.05, 4.69) is 5.32 Å². The van der Waals surface area contributed by atoms with Gasteiger partial charge in [-0.1, -0.05) is 11.6 Å². The molecule has 0 aromatic heterocycles. The van der Waals surface area contributed by atoms with Crippen molar-refractivity contribution in [3.8, 4) is 11.5 Å². The molecule has 6 nitrogen and oxygen atoms in total. The van der Waals surface area contributed by atoms with Gasteiger partial charge in [0.05, 0.1) is 25.5 Å². The second-order valence-corrected chi connectivity index (χ2v) is 6.23. The Balaban J connectivity index is 2.15. The number of hydrogen-bond donors (Lipinski definition) is 1. The van der Waals surface area contributed by atoms with Crippen LogP contribution in [0.2, 0.25) is 5.02 Å². The van der Waals surface area contributed by atoms with Gasteiger partial charge in [0.25, 0.3) is 5.91 Å². The zero-order valence-corrected chi connectivity index (χ0v) is 16.4. The lowest BCUT2D eigenvalue weighted by Crippen LogP contribution is -2.31. The van der Waals surface area contributed by atoms with E-state index in [0.29, 0.717) is 11.8 Å². The normalized spacial score (nSPS) is 12.1. The third-order valence-corrected chi connectivity index (χ3v) is 4.06. The van der Waals surface area contributed by atoms with Gasteiger partial charge in [0.2, 0.25) is 0 Å². The van der Waals surface area contributed by atoms with Crippen molar-refractivity contribution in [1.29, 1.82) is 0 Å². The lowest BCUT2D eigenvalue weighted by atomic mass is 10.1. The fraction of sp³-hybridized carbons (Fsp3) is 0.263. The minimum Gasteiger partial charge on any atom is -0.497 e. The molecule has 0 spiro atoms. The third kappa shape index (κ3) is 5.54. The summed E-state index contributed by atoms with van der Waals surface area (Å²) in [5, 5.41) is 1.96. The Morgan fingerprint density at radius 1 is 1.07 bits per heavy atom. The minimum absolute atomic E-state index is 0.0235. The van der Waals surface area contributed by atoms with E-state index in [1.165, 1.54) is 45.4 Å². The van der Waals surface area contributed by atoms with Gasteiger partial charge in [0.15, 0.2) is 6.10 Å². The van der Waals surface area contributed by atoms with Gasteiger partial charge in [-0.15, -0.1) is 0 Å². The van der Waals surface area contributed by atoms with Crippen molar-refractivity contribution in [2.24, 2.45) is 0 Å². The van der Waals surface area contributed by atoms with E-state index in [1.54, 1.807) is 0 Å². The van der Waals surface area contributed by atoms with Crippen LogP contribution in [0.25, 0.3) is 0 Å². The van der Waals surface area contributed by atoms with Crippen LogP contribution in [0.3, 0.4) is 0 Å². The van der Waals surface area contributed by atoms with Crippen molar-refractivity contribution < 1.29 is 37.0 Å². The molecule has 1 atom stereocenters. The van der Waals surface area contributed by atoms with Crippen LogP contribution in [0.15, 0.2) is 36.4 Å². The number of esters is 1. The summed E-state index contributed by atoms with van der Waals surface area (Å²) in [5.41, 5.74) is -1.60. The molecule has 1 unspecified atom stereocenters. The molecular formula is C19H17ClF3NO5. The molecular weight excluding hydrogens is 415 g/mol. The highest BCUT2D eigenvalue weighted by Gasteiger charge is 2.34. The molecule has 1 N–H and O–H groups in total. The minimum atomic E-state index is -4.73. The van der Waals surface area contributed by atoms with E-state index in [-0.39, 0.29) is 16.3 Å². The number of carbonyl (C=O) groups is 2. The van der Waals surface area contributed by atoms with Gasteiger partial charge in [-0.3, -0.25) is 4.79 Å². The van der Waals surface area contributed by atoms with E-state index in [9.17, 15) is 22.8 Å². The van der Waals surface area contributed by atoms with Crippen molar-refractivity contribution in [3.63, 3.8) is 0 Å². The Labute approximate surface area is 169 Å². The SMILES string of the molecule is COc1ccc(C(=O)OC(C)C(=O)Nc2ccc(Cl)cc2C(F)(F)F)c(OC)c1. The topological polar surface area (TPSA) is 73.9 Å². The molecule has 0 saturated heterocycles. The first-order valence-corrected chi connectivity index (χ1v) is 8.55. The molecule has 2 aromatic carbocycles. The fourth-order valence-electron chi connectivity index (χ4n) is 2.34. The largest absolute Gasteiger partial charge is 0.497 e. The molecule has 0 aliphatic carbocycles. The van der Waals surface area contributed by atoms with Gasteiger partial charge in [-0.2, -0.15) is 13.2 Å². The van der Waals surface area contributed by atoms with Crippen LogP contribution in [-0.2, 0) is 15.7 Å². The number of halogens is 4. The lowest BCUT2D eigenvalue weighted by molar-refractivity contribution is -0.137. The smallest absolute Gasteiger partial charge is 0.418 e. The number of ether oxygens (including phenoxy) is 3. The fourth-order valence-corrected chi connectivity index (χ4v) is 2.51. The highest BCUT2D eigenvalue weighted by Crippen LogP contribution is 2.36. The summed E-state index contributed by atoms with van der Waals surface area (Å²) in [4.78, 5) is 24.6. The number of rotatable bonds is 6. The second kappa shape index (κ2) is 9.04. The highest BCUT2D eigenvalue weighted by molar-refractivity contribution is 6.30. The van der Waals surface area contributed by atoms with E-state index in [4.69, 9.17) is 25.8 Å². The number of benzene rings is 2. The predicted molar refractivity (Wildman–Crippen MR) is 99.5 cm³/mol. The molecule has 2 aromatic rings. The number of anilines is 1. The molecule has 0 aliphatic heterocycles. The molecule has 0 aliphatic rings. The molecule has 0 bridgehead atoms. The summed E-state index contributed by atoms with van der Waals surface area (Å²) >= 11 is 5.61. The highest BCUT2D eigenvalue weighted by atomic mass is 35.5. The van der Waals surface area contributed by atoms with Crippen LogP contribution in [0.5, 0.6) is 11.5 Å². The van der Waals surface area contributed by atoms with Crippen LogP contribution in [0.4, 0.5) is 18.9 Å². The van der Waals surface area contributed by atoms with E-state index in [1.807, 2.05) is 0 Å². The van der Waals surface area contributed by atoms with Gasteiger partial charge >= 0.3 is 12.1 Å².